The average molecular weight is 210 g/mol. The van der Waals surface area contributed by atoms with E-state index in [0.717, 1.165) is 25.7 Å². The molecule has 0 fully saturated rings. The van der Waals surface area contributed by atoms with Crippen molar-refractivity contribution in [1.29, 1.82) is 0 Å². The fraction of sp³-hybridized carbons (Fsp3) is 1.00. The van der Waals surface area contributed by atoms with Gasteiger partial charge < -0.3 is 9.05 Å². The minimum atomic E-state index is -2.18. The second kappa shape index (κ2) is 12.2. The zero-order valence-electron chi connectivity index (χ0n) is 7.97. The maximum Gasteiger partial charge on any atom is 0.319 e. The average Bonchev–Trinajstić information content (AvgIpc) is 2.06. The van der Waals surface area contributed by atoms with Gasteiger partial charge in [0.25, 0.3) is 0 Å². The monoisotopic (exact) mass is 210 g/mol. The van der Waals surface area contributed by atoms with Gasteiger partial charge in [0.05, 0.1) is 13.2 Å². The van der Waals surface area contributed by atoms with Gasteiger partial charge in [-0.15, -0.1) is 0 Å². The van der Waals surface area contributed by atoms with Gasteiger partial charge >= 0.3 is 8.25 Å². The van der Waals surface area contributed by atoms with Gasteiger partial charge in [0.2, 0.25) is 0 Å². The third kappa shape index (κ3) is 12.1. The van der Waals surface area contributed by atoms with E-state index in [1.54, 1.807) is 0 Å². The lowest BCUT2D eigenvalue weighted by Crippen LogP contribution is -1.90. The molecule has 0 heterocycles. The zero-order valence-corrected chi connectivity index (χ0v) is 8.97. The van der Waals surface area contributed by atoms with Gasteiger partial charge in [-0.05, 0) is 12.8 Å². The summed E-state index contributed by atoms with van der Waals surface area (Å²) in [7, 11) is -2.18. The van der Waals surface area contributed by atoms with E-state index in [4.69, 9.17) is 9.05 Å². The molecule has 13 heavy (non-hydrogen) atoms. The van der Waals surface area contributed by atoms with Crippen LogP contribution in [0.4, 0.5) is 0 Å². The molecule has 0 aromatic rings. The molecule has 4 heteroatoms. The summed E-state index contributed by atoms with van der Waals surface area (Å²) in [5.74, 6) is 0. The van der Waals surface area contributed by atoms with E-state index in [-0.39, 0.29) is 7.43 Å². The molecule has 0 aliphatic carbocycles. The van der Waals surface area contributed by atoms with Crippen LogP contribution in [-0.2, 0) is 13.6 Å². The highest BCUT2D eigenvalue weighted by Gasteiger charge is 1.97. The predicted octanol–water partition coefficient (Wildman–Crippen LogP) is 3.65. The summed E-state index contributed by atoms with van der Waals surface area (Å²) in [6, 6.07) is 0. The van der Waals surface area contributed by atoms with Crippen molar-refractivity contribution in [3.8, 4) is 0 Å². The van der Waals surface area contributed by atoms with Crippen LogP contribution >= 0.6 is 8.25 Å². The highest BCUT2D eigenvalue weighted by atomic mass is 31.1. The third-order valence-corrected chi connectivity index (χ3v) is 2.32. The zero-order chi connectivity index (χ0) is 9.23. The fourth-order valence-corrected chi connectivity index (χ4v) is 1.35. The van der Waals surface area contributed by atoms with E-state index in [2.05, 4.69) is 13.8 Å². The van der Waals surface area contributed by atoms with Crippen LogP contribution in [0.25, 0.3) is 0 Å². The largest absolute Gasteiger partial charge is 0.319 e. The smallest absolute Gasteiger partial charge is 0.311 e. The second-order valence-corrected chi connectivity index (χ2v) is 3.73. The van der Waals surface area contributed by atoms with E-state index in [0.29, 0.717) is 13.2 Å². The second-order valence-electron chi connectivity index (χ2n) is 2.65. The van der Waals surface area contributed by atoms with Crippen LogP contribution in [0.2, 0.25) is 0 Å². The Morgan fingerprint density at radius 1 is 1.00 bits per heavy atom. The molecular weight excluding hydrogens is 187 g/mol. The summed E-state index contributed by atoms with van der Waals surface area (Å²) in [5.41, 5.74) is 0. The Balaban J connectivity index is 0. The van der Waals surface area contributed by atoms with Crippen LogP contribution in [0.5, 0.6) is 0 Å². The lowest BCUT2D eigenvalue weighted by Gasteiger charge is -2.03. The Labute approximate surface area is 82.8 Å². The van der Waals surface area contributed by atoms with Crippen LogP contribution in [0.1, 0.15) is 47.0 Å². The Morgan fingerprint density at radius 2 is 1.38 bits per heavy atom. The molecule has 3 nitrogen and oxygen atoms in total. The Bertz CT molecular complexity index is 105. The summed E-state index contributed by atoms with van der Waals surface area (Å²) in [4.78, 5) is 0. The molecule has 0 aliphatic rings. The number of hydrogen-bond donors (Lipinski definition) is 0. The molecule has 0 N–H and O–H groups in total. The van der Waals surface area contributed by atoms with Crippen molar-refractivity contribution in [3.63, 3.8) is 0 Å². The molecule has 0 radical (unpaired) electrons. The van der Waals surface area contributed by atoms with E-state index in [9.17, 15) is 4.57 Å². The quantitative estimate of drug-likeness (QED) is 0.453. The van der Waals surface area contributed by atoms with Crippen LogP contribution in [-0.4, -0.2) is 13.2 Å². The molecule has 0 saturated heterocycles. The predicted molar refractivity (Wildman–Crippen MR) is 57.5 cm³/mol. The van der Waals surface area contributed by atoms with Crippen molar-refractivity contribution in [1.82, 2.24) is 0 Å². The minimum Gasteiger partial charge on any atom is -0.311 e. The summed E-state index contributed by atoms with van der Waals surface area (Å²) in [6.07, 6.45) is 4.02. The SMILES string of the molecule is C.CCCCO[PH](=O)OCCCC. The van der Waals surface area contributed by atoms with Crippen molar-refractivity contribution in [2.24, 2.45) is 0 Å². The molecule has 0 aromatic carbocycles. The standard InChI is InChI=1S/C8H19O3P.CH4/c1-3-5-7-10-12(9)11-8-6-4-2;/h12H,3-8H2,1-2H3;1H4. The molecule has 82 valence electrons. The molecule has 0 saturated carbocycles. The summed E-state index contributed by atoms with van der Waals surface area (Å²) in [5, 5.41) is 0. The van der Waals surface area contributed by atoms with Crippen LogP contribution in [0.3, 0.4) is 0 Å². The lowest BCUT2D eigenvalue weighted by atomic mass is 10.4. The number of rotatable bonds is 8. The summed E-state index contributed by atoms with van der Waals surface area (Å²) >= 11 is 0. The first-order valence-corrected chi connectivity index (χ1v) is 5.83. The Morgan fingerprint density at radius 3 is 1.69 bits per heavy atom. The van der Waals surface area contributed by atoms with Crippen molar-refractivity contribution >= 4 is 8.25 Å². The van der Waals surface area contributed by atoms with Gasteiger partial charge in [0, 0.05) is 0 Å². The third-order valence-electron chi connectivity index (χ3n) is 1.44. The van der Waals surface area contributed by atoms with Crippen molar-refractivity contribution in [2.45, 2.75) is 47.0 Å². The van der Waals surface area contributed by atoms with Gasteiger partial charge in [-0.1, -0.05) is 34.1 Å². The van der Waals surface area contributed by atoms with E-state index >= 15 is 0 Å². The number of hydrogen-bond acceptors (Lipinski definition) is 3. The van der Waals surface area contributed by atoms with E-state index in [1.807, 2.05) is 0 Å². The van der Waals surface area contributed by atoms with Crippen molar-refractivity contribution in [3.05, 3.63) is 0 Å². The fourth-order valence-electron chi connectivity index (χ4n) is 0.641. The molecule has 0 aromatic heterocycles. The number of unbranched alkanes of at least 4 members (excludes halogenated alkanes) is 2. The van der Waals surface area contributed by atoms with E-state index in [1.165, 1.54) is 0 Å². The molecular formula is C9H23O3P. The topological polar surface area (TPSA) is 35.5 Å². The van der Waals surface area contributed by atoms with Gasteiger partial charge in [0.1, 0.15) is 0 Å². The highest BCUT2D eigenvalue weighted by molar-refractivity contribution is 7.33. The maximum atomic E-state index is 10.9. The molecule has 0 unspecified atom stereocenters. The molecule has 0 aliphatic heterocycles. The van der Waals surface area contributed by atoms with E-state index < -0.39 is 8.25 Å². The van der Waals surface area contributed by atoms with Gasteiger partial charge in [-0.3, -0.25) is 4.57 Å². The molecule has 0 bridgehead atoms. The summed E-state index contributed by atoms with van der Waals surface area (Å²) in [6.45, 7) is 5.25. The first kappa shape index (κ1) is 15.6. The van der Waals surface area contributed by atoms with Gasteiger partial charge in [0.15, 0.2) is 0 Å². The maximum absolute atomic E-state index is 10.9. The Hall–Kier alpha value is 0.150. The van der Waals surface area contributed by atoms with Crippen molar-refractivity contribution in [2.75, 3.05) is 13.2 Å². The Kier molecular flexibility index (Phi) is 14.6. The van der Waals surface area contributed by atoms with Crippen LogP contribution < -0.4 is 0 Å². The van der Waals surface area contributed by atoms with Gasteiger partial charge in [-0.25, -0.2) is 0 Å². The normalized spacial score (nSPS) is 10.1. The lowest BCUT2D eigenvalue weighted by molar-refractivity contribution is 0.221. The molecule has 0 amide bonds. The molecule has 0 spiro atoms. The highest BCUT2D eigenvalue weighted by Crippen LogP contribution is 2.24. The molecule has 0 atom stereocenters. The van der Waals surface area contributed by atoms with Crippen LogP contribution in [0, 0.1) is 0 Å². The summed E-state index contributed by atoms with van der Waals surface area (Å²) < 4.78 is 20.8. The first-order valence-electron chi connectivity index (χ1n) is 4.60. The van der Waals surface area contributed by atoms with Gasteiger partial charge in [-0.2, -0.15) is 0 Å². The minimum absolute atomic E-state index is 0. The molecule has 0 rings (SSSR count). The van der Waals surface area contributed by atoms with Crippen LogP contribution in [0.15, 0.2) is 0 Å². The first-order chi connectivity index (χ1) is 5.81. The van der Waals surface area contributed by atoms with Crippen molar-refractivity contribution < 1.29 is 13.6 Å².